The van der Waals surface area contributed by atoms with Gasteiger partial charge in [-0.05, 0) is 52.0 Å². The van der Waals surface area contributed by atoms with Crippen LogP contribution in [0.5, 0.6) is 0 Å². The van der Waals surface area contributed by atoms with Crippen LogP contribution in [-0.4, -0.2) is 34.8 Å². The van der Waals surface area contributed by atoms with Gasteiger partial charge in [0.05, 0.1) is 17.7 Å². The third kappa shape index (κ3) is 5.13. The summed E-state index contributed by atoms with van der Waals surface area (Å²) in [7, 11) is -3.60. The van der Waals surface area contributed by atoms with Crippen molar-refractivity contribution in [3.05, 3.63) is 84.1 Å². The lowest BCUT2D eigenvalue weighted by molar-refractivity contribution is 0.468. The van der Waals surface area contributed by atoms with Crippen LogP contribution in [0.4, 0.5) is 0 Å². The number of hydrazone groups is 1. The van der Waals surface area contributed by atoms with Crippen LogP contribution in [0.1, 0.15) is 11.3 Å². The van der Waals surface area contributed by atoms with Gasteiger partial charge in [-0.15, -0.1) is 5.10 Å². The van der Waals surface area contributed by atoms with Crippen LogP contribution < -0.4 is 4.83 Å². The van der Waals surface area contributed by atoms with Gasteiger partial charge in [-0.25, -0.2) is 13.2 Å². The summed E-state index contributed by atoms with van der Waals surface area (Å²) >= 11 is 1.24. The summed E-state index contributed by atoms with van der Waals surface area (Å²) in [5, 5.41) is 16.6. The van der Waals surface area contributed by atoms with Gasteiger partial charge < -0.3 is 4.42 Å². The molecule has 0 bridgehead atoms. The van der Waals surface area contributed by atoms with Crippen molar-refractivity contribution >= 4 is 28.0 Å². The first kappa shape index (κ1) is 19.9. The number of tetrazole rings is 1. The SMILES string of the molecule is O=S(=O)(Cc1ccccc1)N/N=C\c1ccc(Sc2nnnn2-c2ccccc2)o1. The summed E-state index contributed by atoms with van der Waals surface area (Å²) in [6.07, 6.45) is 1.30. The smallest absolute Gasteiger partial charge is 0.251 e. The van der Waals surface area contributed by atoms with E-state index in [0.717, 1.165) is 5.69 Å². The minimum atomic E-state index is -3.60. The molecule has 2 aromatic heterocycles. The maximum Gasteiger partial charge on any atom is 0.251 e. The van der Waals surface area contributed by atoms with Crippen molar-refractivity contribution in [1.82, 2.24) is 25.0 Å². The van der Waals surface area contributed by atoms with Crippen LogP contribution in [-0.2, 0) is 15.8 Å². The van der Waals surface area contributed by atoms with Crippen molar-refractivity contribution in [1.29, 1.82) is 0 Å². The van der Waals surface area contributed by atoms with Gasteiger partial charge in [0, 0.05) is 0 Å². The molecule has 0 amide bonds. The first-order valence-electron chi connectivity index (χ1n) is 8.77. The van der Waals surface area contributed by atoms with E-state index in [1.54, 1.807) is 41.1 Å². The molecule has 0 unspecified atom stereocenters. The zero-order valence-electron chi connectivity index (χ0n) is 15.5. The topological polar surface area (TPSA) is 115 Å². The Balaban J connectivity index is 1.39. The molecule has 2 heterocycles. The second kappa shape index (κ2) is 8.93. The molecule has 1 N–H and O–H groups in total. The van der Waals surface area contributed by atoms with Crippen LogP contribution in [0.15, 0.2) is 92.6 Å². The van der Waals surface area contributed by atoms with Gasteiger partial charge in [0.15, 0.2) is 5.09 Å². The second-order valence-corrected chi connectivity index (χ2v) is 8.73. The zero-order chi connectivity index (χ0) is 20.8. The van der Waals surface area contributed by atoms with E-state index in [1.807, 2.05) is 36.4 Å². The molecular weight excluding hydrogens is 424 g/mol. The molecule has 9 nitrogen and oxygen atoms in total. The molecule has 11 heteroatoms. The molecule has 0 saturated heterocycles. The number of furan rings is 1. The Bertz CT molecular complexity index is 1240. The maximum atomic E-state index is 12.1. The fourth-order valence-corrected chi connectivity index (χ4v) is 4.19. The van der Waals surface area contributed by atoms with E-state index in [9.17, 15) is 8.42 Å². The van der Waals surface area contributed by atoms with Gasteiger partial charge in [-0.1, -0.05) is 48.5 Å². The summed E-state index contributed by atoms with van der Waals surface area (Å²) in [6.45, 7) is 0. The summed E-state index contributed by atoms with van der Waals surface area (Å²) in [6, 6.07) is 21.8. The highest BCUT2D eigenvalue weighted by Gasteiger charge is 2.13. The molecule has 4 aromatic rings. The third-order valence-corrected chi connectivity index (χ3v) is 5.77. The Morgan fingerprint density at radius 1 is 1.03 bits per heavy atom. The van der Waals surface area contributed by atoms with Crippen molar-refractivity contribution in [3.8, 4) is 5.69 Å². The minimum absolute atomic E-state index is 0.160. The van der Waals surface area contributed by atoms with Gasteiger partial charge in [0.2, 0.25) is 5.16 Å². The molecule has 0 atom stereocenters. The Labute approximate surface area is 176 Å². The number of nitrogens with zero attached hydrogens (tertiary/aromatic N) is 5. The Hall–Kier alpha value is -3.44. The van der Waals surface area contributed by atoms with Gasteiger partial charge in [0.25, 0.3) is 10.0 Å². The average Bonchev–Trinajstić information content (AvgIpc) is 3.39. The number of rotatable bonds is 8. The van der Waals surface area contributed by atoms with E-state index in [2.05, 4.69) is 25.5 Å². The summed E-state index contributed by atoms with van der Waals surface area (Å²) < 4.78 is 31.4. The highest BCUT2D eigenvalue weighted by atomic mass is 32.2. The monoisotopic (exact) mass is 440 g/mol. The lowest BCUT2D eigenvalue weighted by Gasteiger charge is -2.02. The van der Waals surface area contributed by atoms with Crippen molar-refractivity contribution in [2.45, 2.75) is 16.0 Å². The zero-order valence-corrected chi connectivity index (χ0v) is 17.1. The highest BCUT2D eigenvalue weighted by Crippen LogP contribution is 2.28. The first-order valence-corrected chi connectivity index (χ1v) is 11.2. The van der Waals surface area contributed by atoms with Gasteiger partial charge in [-0.3, -0.25) is 0 Å². The molecule has 0 saturated carbocycles. The Morgan fingerprint density at radius 3 is 2.53 bits per heavy atom. The van der Waals surface area contributed by atoms with E-state index < -0.39 is 10.0 Å². The van der Waals surface area contributed by atoms with Gasteiger partial charge in [0.1, 0.15) is 5.76 Å². The van der Waals surface area contributed by atoms with Gasteiger partial charge in [-0.2, -0.15) is 9.78 Å². The first-order chi connectivity index (χ1) is 14.6. The number of hydrogen-bond donors (Lipinski definition) is 1. The number of benzene rings is 2. The van der Waals surface area contributed by atoms with E-state index in [4.69, 9.17) is 4.42 Å². The predicted molar refractivity (Wildman–Crippen MR) is 112 cm³/mol. The van der Waals surface area contributed by atoms with Crippen molar-refractivity contribution in [2.75, 3.05) is 0 Å². The molecule has 0 aliphatic rings. The molecule has 4 rings (SSSR count). The number of aromatic nitrogens is 4. The lowest BCUT2D eigenvalue weighted by atomic mass is 10.2. The highest BCUT2D eigenvalue weighted by molar-refractivity contribution is 7.99. The van der Waals surface area contributed by atoms with Crippen LogP contribution in [0.25, 0.3) is 5.69 Å². The molecule has 2 aromatic carbocycles. The van der Waals surface area contributed by atoms with Crippen LogP contribution in [0, 0.1) is 0 Å². The summed E-state index contributed by atoms with van der Waals surface area (Å²) in [5.74, 6) is 0.227. The molecule has 0 spiro atoms. The van der Waals surface area contributed by atoms with Crippen molar-refractivity contribution in [2.24, 2.45) is 5.10 Å². The molecular formula is C19H16N6O3S2. The predicted octanol–water partition coefficient (Wildman–Crippen LogP) is 2.86. The minimum Gasteiger partial charge on any atom is -0.448 e. The summed E-state index contributed by atoms with van der Waals surface area (Å²) in [5.41, 5.74) is 1.50. The van der Waals surface area contributed by atoms with E-state index in [0.29, 0.717) is 21.6 Å². The van der Waals surface area contributed by atoms with Crippen LogP contribution in [0.2, 0.25) is 0 Å². The number of nitrogens with one attached hydrogen (secondary N) is 1. The number of sulfonamides is 1. The fraction of sp³-hybridized carbons (Fsp3) is 0.0526. The Morgan fingerprint density at radius 2 is 1.77 bits per heavy atom. The standard InChI is InChI=1S/C19H16N6O3S2/c26-30(27,14-15-7-3-1-4-8-15)24-20-13-17-11-12-18(28-17)29-19-21-22-23-25(19)16-9-5-2-6-10-16/h1-13,24H,14H2/b20-13-. The molecule has 0 aliphatic carbocycles. The van der Waals surface area contributed by atoms with E-state index >= 15 is 0 Å². The molecule has 0 fully saturated rings. The van der Waals surface area contributed by atoms with Crippen molar-refractivity contribution < 1.29 is 12.8 Å². The van der Waals surface area contributed by atoms with Crippen LogP contribution >= 0.6 is 11.8 Å². The quantitative estimate of drug-likeness (QED) is 0.331. The largest absolute Gasteiger partial charge is 0.448 e. The van der Waals surface area contributed by atoms with Crippen LogP contribution in [0.3, 0.4) is 0 Å². The molecule has 152 valence electrons. The second-order valence-electron chi connectivity index (χ2n) is 6.06. The number of para-hydroxylation sites is 1. The Kier molecular flexibility index (Phi) is 5.91. The summed E-state index contributed by atoms with van der Waals surface area (Å²) in [4.78, 5) is 2.18. The van der Waals surface area contributed by atoms with E-state index in [1.165, 1.54) is 18.0 Å². The lowest BCUT2D eigenvalue weighted by Crippen LogP contribution is -2.20. The molecule has 0 aliphatic heterocycles. The normalized spacial score (nSPS) is 11.7. The third-order valence-electron chi connectivity index (χ3n) is 3.82. The fourth-order valence-electron chi connectivity index (χ4n) is 2.52. The molecule has 30 heavy (non-hydrogen) atoms. The van der Waals surface area contributed by atoms with Crippen molar-refractivity contribution in [3.63, 3.8) is 0 Å². The maximum absolute atomic E-state index is 12.1. The molecule has 0 radical (unpaired) electrons. The number of hydrogen-bond acceptors (Lipinski definition) is 8. The average molecular weight is 441 g/mol. The van der Waals surface area contributed by atoms with Gasteiger partial charge >= 0.3 is 0 Å². The van der Waals surface area contributed by atoms with E-state index in [-0.39, 0.29) is 5.75 Å².